The van der Waals surface area contributed by atoms with Gasteiger partial charge in [0.05, 0.1) is 18.4 Å². The van der Waals surface area contributed by atoms with Gasteiger partial charge in [0.1, 0.15) is 0 Å². The van der Waals surface area contributed by atoms with Crippen LogP contribution >= 0.6 is 0 Å². The molecule has 1 rings (SSSR count). The smallest absolute Gasteiger partial charge is 0.310 e. The van der Waals surface area contributed by atoms with Gasteiger partial charge in [0.15, 0.2) is 0 Å². The summed E-state index contributed by atoms with van der Waals surface area (Å²) in [6.07, 6.45) is 6.34. The van der Waals surface area contributed by atoms with Gasteiger partial charge in [0, 0.05) is 0 Å². The van der Waals surface area contributed by atoms with Crippen LogP contribution in [0.1, 0.15) is 32.6 Å². The van der Waals surface area contributed by atoms with E-state index in [9.17, 15) is 9.59 Å². The minimum atomic E-state index is -0.915. The summed E-state index contributed by atoms with van der Waals surface area (Å²) in [5, 5.41) is 8.99. The summed E-state index contributed by atoms with van der Waals surface area (Å²) in [4.78, 5) is 22.6. The summed E-state index contributed by atoms with van der Waals surface area (Å²) in [6.45, 7) is 2.40. The first-order chi connectivity index (χ1) is 7.66. The summed E-state index contributed by atoms with van der Waals surface area (Å²) < 4.78 is 5.07. The lowest BCUT2D eigenvalue weighted by atomic mass is 9.83. The van der Waals surface area contributed by atoms with E-state index in [1.54, 1.807) is 0 Å². The molecule has 0 radical (unpaired) electrons. The van der Waals surface area contributed by atoms with E-state index in [2.05, 4.69) is 0 Å². The summed E-state index contributed by atoms with van der Waals surface area (Å²) in [7, 11) is 0. The van der Waals surface area contributed by atoms with Gasteiger partial charge in [-0.3, -0.25) is 9.59 Å². The molecule has 1 aliphatic carbocycles. The zero-order valence-corrected chi connectivity index (χ0v) is 9.52. The van der Waals surface area contributed by atoms with Crippen molar-refractivity contribution in [2.75, 3.05) is 6.61 Å². The second-order valence-corrected chi connectivity index (χ2v) is 4.02. The molecule has 1 aliphatic rings. The number of esters is 1. The molecule has 1 N–H and O–H groups in total. The molecular formula is C12H18O4. The number of rotatable bonds is 5. The van der Waals surface area contributed by atoms with Crippen LogP contribution < -0.4 is 0 Å². The van der Waals surface area contributed by atoms with Crippen LogP contribution in [0.4, 0.5) is 0 Å². The van der Waals surface area contributed by atoms with Crippen molar-refractivity contribution in [1.82, 2.24) is 0 Å². The molecule has 4 nitrogen and oxygen atoms in total. The number of unbranched alkanes of at least 4 members (excludes halogenated alkanes) is 1. The zero-order valence-electron chi connectivity index (χ0n) is 9.52. The van der Waals surface area contributed by atoms with Crippen molar-refractivity contribution in [2.45, 2.75) is 32.6 Å². The Kier molecular flexibility index (Phi) is 5.02. The van der Waals surface area contributed by atoms with Crippen molar-refractivity contribution in [3.05, 3.63) is 12.2 Å². The van der Waals surface area contributed by atoms with Gasteiger partial charge in [-0.2, -0.15) is 0 Å². The molecule has 0 saturated carbocycles. The van der Waals surface area contributed by atoms with Gasteiger partial charge >= 0.3 is 11.9 Å². The second kappa shape index (κ2) is 6.30. The van der Waals surface area contributed by atoms with Crippen molar-refractivity contribution in [3.8, 4) is 0 Å². The van der Waals surface area contributed by atoms with Crippen LogP contribution in [0.2, 0.25) is 0 Å². The molecular weight excluding hydrogens is 208 g/mol. The molecule has 2 atom stereocenters. The maximum absolute atomic E-state index is 11.7. The van der Waals surface area contributed by atoms with Gasteiger partial charge in [0.25, 0.3) is 0 Å². The molecule has 0 aromatic heterocycles. The van der Waals surface area contributed by atoms with Crippen molar-refractivity contribution < 1.29 is 19.4 Å². The zero-order chi connectivity index (χ0) is 12.0. The monoisotopic (exact) mass is 226 g/mol. The molecule has 0 aromatic carbocycles. The van der Waals surface area contributed by atoms with Crippen molar-refractivity contribution in [2.24, 2.45) is 11.8 Å². The number of carboxylic acids is 1. The Labute approximate surface area is 95.3 Å². The van der Waals surface area contributed by atoms with Crippen LogP contribution in [0.5, 0.6) is 0 Å². The van der Waals surface area contributed by atoms with Gasteiger partial charge < -0.3 is 9.84 Å². The van der Waals surface area contributed by atoms with Gasteiger partial charge in [0.2, 0.25) is 0 Å². The molecule has 0 unspecified atom stereocenters. The van der Waals surface area contributed by atoms with E-state index in [0.29, 0.717) is 19.4 Å². The first kappa shape index (κ1) is 12.7. The number of aliphatic carboxylic acids is 1. The van der Waals surface area contributed by atoms with Crippen LogP contribution in [-0.4, -0.2) is 23.7 Å². The SMILES string of the molecule is CCCCOC(=O)[C@@H]1CC=CC[C@@H]1C(=O)O. The normalized spacial score (nSPS) is 24.1. The third kappa shape index (κ3) is 3.36. The molecule has 0 aliphatic heterocycles. The molecule has 4 heteroatoms. The second-order valence-electron chi connectivity index (χ2n) is 4.02. The Hall–Kier alpha value is -1.32. The number of hydrogen-bond donors (Lipinski definition) is 1. The lowest BCUT2D eigenvalue weighted by Crippen LogP contribution is -2.32. The highest BCUT2D eigenvalue weighted by Gasteiger charge is 2.34. The Morgan fingerprint density at radius 1 is 1.31 bits per heavy atom. The minimum Gasteiger partial charge on any atom is -0.481 e. The highest BCUT2D eigenvalue weighted by Crippen LogP contribution is 2.27. The minimum absolute atomic E-state index is 0.370. The molecule has 0 amide bonds. The van der Waals surface area contributed by atoms with E-state index in [0.717, 1.165) is 12.8 Å². The molecule has 0 saturated heterocycles. The van der Waals surface area contributed by atoms with E-state index < -0.39 is 17.8 Å². The molecule has 90 valence electrons. The lowest BCUT2D eigenvalue weighted by molar-refractivity contribution is -0.158. The van der Waals surface area contributed by atoms with Crippen LogP contribution in [0.25, 0.3) is 0 Å². The van der Waals surface area contributed by atoms with Gasteiger partial charge in [-0.1, -0.05) is 25.5 Å². The molecule has 0 fully saturated rings. The van der Waals surface area contributed by atoms with Crippen LogP contribution in [0, 0.1) is 11.8 Å². The van der Waals surface area contributed by atoms with Gasteiger partial charge in [-0.15, -0.1) is 0 Å². The predicted octanol–water partition coefficient (Wildman–Crippen LogP) is 2.00. The highest BCUT2D eigenvalue weighted by atomic mass is 16.5. The van der Waals surface area contributed by atoms with Crippen LogP contribution in [0.3, 0.4) is 0 Å². The fraction of sp³-hybridized carbons (Fsp3) is 0.667. The fourth-order valence-corrected chi connectivity index (χ4v) is 1.77. The number of carbonyl (C=O) groups excluding carboxylic acids is 1. The van der Waals surface area contributed by atoms with E-state index in [-0.39, 0.29) is 5.97 Å². The third-order valence-electron chi connectivity index (χ3n) is 2.79. The first-order valence-corrected chi connectivity index (χ1v) is 5.71. The summed E-state index contributed by atoms with van der Waals surface area (Å²) in [6, 6.07) is 0. The number of carboxylic acid groups (broad SMARTS) is 1. The van der Waals surface area contributed by atoms with Crippen molar-refractivity contribution in [1.29, 1.82) is 0 Å². The van der Waals surface area contributed by atoms with E-state index >= 15 is 0 Å². The molecule has 16 heavy (non-hydrogen) atoms. The van der Waals surface area contributed by atoms with Crippen LogP contribution in [0.15, 0.2) is 12.2 Å². The summed E-state index contributed by atoms with van der Waals surface area (Å²) in [5.74, 6) is -2.43. The number of hydrogen-bond acceptors (Lipinski definition) is 3. The molecule has 0 aromatic rings. The maximum atomic E-state index is 11.7. The van der Waals surface area contributed by atoms with E-state index in [4.69, 9.17) is 9.84 Å². The maximum Gasteiger partial charge on any atom is 0.310 e. The Balaban J connectivity index is 2.52. The average Bonchev–Trinajstić information content (AvgIpc) is 2.29. The third-order valence-corrected chi connectivity index (χ3v) is 2.79. The molecule has 0 spiro atoms. The van der Waals surface area contributed by atoms with Crippen molar-refractivity contribution in [3.63, 3.8) is 0 Å². The van der Waals surface area contributed by atoms with Gasteiger partial charge in [-0.05, 0) is 19.3 Å². The number of ether oxygens (including phenoxy) is 1. The Morgan fingerprint density at radius 3 is 2.50 bits per heavy atom. The largest absolute Gasteiger partial charge is 0.481 e. The Bertz CT molecular complexity index is 283. The number of allylic oxidation sites excluding steroid dienone is 2. The van der Waals surface area contributed by atoms with E-state index in [1.807, 2.05) is 19.1 Å². The topological polar surface area (TPSA) is 63.6 Å². The Morgan fingerprint density at radius 2 is 1.94 bits per heavy atom. The summed E-state index contributed by atoms with van der Waals surface area (Å²) >= 11 is 0. The number of carbonyl (C=O) groups is 2. The molecule has 0 heterocycles. The van der Waals surface area contributed by atoms with Crippen molar-refractivity contribution >= 4 is 11.9 Å². The average molecular weight is 226 g/mol. The quantitative estimate of drug-likeness (QED) is 0.442. The van der Waals surface area contributed by atoms with Crippen LogP contribution in [-0.2, 0) is 14.3 Å². The first-order valence-electron chi connectivity index (χ1n) is 5.71. The lowest BCUT2D eigenvalue weighted by Gasteiger charge is -2.23. The summed E-state index contributed by atoms with van der Waals surface area (Å²) in [5.41, 5.74) is 0. The fourth-order valence-electron chi connectivity index (χ4n) is 1.77. The standard InChI is InChI=1S/C12H18O4/c1-2-3-8-16-12(15)10-7-5-4-6-9(10)11(13)14/h4-5,9-10H,2-3,6-8H2,1H3,(H,13,14)/t9-,10+/m0/s1. The predicted molar refractivity (Wildman–Crippen MR) is 58.9 cm³/mol. The van der Waals surface area contributed by atoms with Gasteiger partial charge in [-0.25, -0.2) is 0 Å². The van der Waals surface area contributed by atoms with E-state index in [1.165, 1.54) is 0 Å². The highest BCUT2D eigenvalue weighted by molar-refractivity contribution is 5.81. The molecule has 0 bridgehead atoms.